The van der Waals surface area contributed by atoms with Gasteiger partial charge in [-0.2, -0.15) is 0 Å². The van der Waals surface area contributed by atoms with Crippen molar-refractivity contribution in [1.82, 2.24) is 0 Å². The fraction of sp³-hybridized carbons (Fsp3) is 0.133. The molecule has 0 unspecified atom stereocenters. The van der Waals surface area contributed by atoms with Crippen molar-refractivity contribution in [2.24, 2.45) is 0 Å². The van der Waals surface area contributed by atoms with Crippen LogP contribution in [0.25, 0.3) is 0 Å². The molecule has 0 radical (unpaired) electrons. The summed E-state index contributed by atoms with van der Waals surface area (Å²) in [6, 6.07) is 12.2. The zero-order valence-corrected chi connectivity index (χ0v) is 11.2. The molecule has 4 heteroatoms. The molecule has 0 heterocycles. The Morgan fingerprint density at radius 3 is 2.63 bits per heavy atom. The summed E-state index contributed by atoms with van der Waals surface area (Å²) >= 11 is 6.04. The van der Waals surface area contributed by atoms with Gasteiger partial charge in [0.25, 0.3) is 0 Å². The molecule has 3 nitrogen and oxygen atoms in total. The predicted octanol–water partition coefficient (Wildman–Crippen LogP) is 4.34. The van der Waals surface area contributed by atoms with E-state index in [2.05, 4.69) is 0 Å². The topological polar surface area (TPSA) is 35.5 Å². The van der Waals surface area contributed by atoms with Crippen molar-refractivity contribution in [2.75, 3.05) is 6.61 Å². The maximum atomic E-state index is 10.6. The SMILES string of the molecule is CCOc1cccc(Oc2ccc(C=O)cc2Cl)c1. The average molecular weight is 277 g/mol. The van der Waals surface area contributed by atoms with Gasteiger partial charge in [-0.25, -0.2) is 0 Å². The first-order chi connectivity index (χ1) is 9.22. The number of halogens is 1. The van der Waals surface area contributed by atoms with Gasteiger partial charge < -0.3 is 9.47 Å². The van der Waals surface area contributed by atoms with Gasteiger partial charge in [0.05, 0.1) is 11.6 Å². The third-order valence-corrected chi connectivity index (χ3v) is 2.73. The lowest BCUT2D eigenvalue weighted by Gasteiger charge is -2.09. The highest BCUT2D eigenvalue weighted by atomic mass is 35.5. The van der Waals surface area contributed by atoms with Gasteiger partial charge >= 0.3 is 0 Å². The van der Waals surface area contributed by atoms with Crippen LogP contribution in [0.2, 0.25) is 5.02 Å². The van der Waals surface area contributed by atoms with Crippen LogP contribution in [0, 0.1) is 0 Å². The minimum Gasteiger partial charge on any atom is -0.494 e. The van der Waals surface area contributed by atoms with E-state index in [0.717, 1.165) is 12.0 Å². The van der Waals surface area contributed by atoms with Crippen LogP contribution in [0.15, 0.2) is 42.5 Å². The van der Waals surface area contributed by atoms with E-state index in [0.29, 0.717) is 28.7 Å². The second-order valence-electron chi connectivity index (χ2n) is 3.82. The van der Waals surface area contributed by atoms with E-state index in [-0.39, 0.29) is 0 Å². The van der Waals surface area contributed by atoms with Gasteiger partial charge in [-0.15, -0.1) is 0 Å². The molecule has 0 saturated carbocycles. The summed E-state index contributed by atoms with van der Waals surface area (Å²) < 4.78 is 11.1. The number of ether oxygens (including phenoxy) is 2. The second-order valence-corrected chi connectivity index (χ2v) is 4.22. The number of carbonyl (C=O) groups excluding carboxylic acids is 1. The Morgan fingerprint density at radius 1 is 1.16 bits per heavy atom. The molecule has 0 aromatic heterocycles. The molecule has 98 valence electrons. The van der Waals surface area contributed by atoms with E-state index < -0.39 is 0 Å². The van der Waals surface area contributed by atoms with Crippen molar-refractivity contribution in [3.63, 3.8) is 0 Å². The van der Waals surface area contributed by atoms with Crippen LogP contribution in [0.3, 0.4) is 0 Å². The number of hydrogen-bond acceptors (Lipinski definition) is 3. The molecule has 2 aromatic rings. The molecule has 0 N–H and O–H groups in total. The summed E-state index contributed by atoms with van der Waals surface area (Å²) in [6.07, 6.45) is 0.741. The minimum absolute atomic E-state index is 0.395. The molecule has 0 aliphatic rings. The van der Waals surface area contributed by atoms with E-state index in [1.54, 1.807) is 24.3 Å². The second kappa shape index (κ2) is 6.25. The van der Waals surface area contributed by atoms with E-state index in [4.69, 9.17) is 21.1 Å². The Labute approximate surface area is 116 Å². The molecule has 0 saturated heterocycles. The van der Waals surface area contributed by atoms with Crippen molar-refractivity contribution >= 4 is 17.9 Å². The zero-order chi connectivity index (χ0) is 13.7. The third-order valence-electron chi connectivity index (χ3n) is 2.44. The fourth-order valence-corrected chi connectivity index (χ4v) is 1.82. The van der Waals surface area contributed by atoms with Gasteiger partial charge in [-0.3, -0.25) is 4.79 Å². The van der Waals surface area contributed by atoms with Crippen LogP contribution in [0.5, 0.6) is 17.2 Å². The summed E-state index contributed by atoms with van der Waals surface area (Å²) in [6.45, 7) is 2.51. The average Bonchev–Trinajstić information content (AvgIpc) is 2.42. The largest absolute Gasteiger partial charge is 0.494 e. The smallest absolute Gasteiger partial charge is 0.150 e. The summed E-state index contributed by atoms with van der Waals surface area (Å²) in [5, 5.41) is 0.395. The molecule has 0 spiro atoms. The van der Waals surface area contributed by atoms with Crippen LogP contribution in [-0.2, 0) is 0 Å². The highest BCUT2D eigenvalue weighted by molar-refractivity contribution is 6.32. The maximum Gasteiger partial charge on any atom is 0.150 e. The Balaban J connectivity index is 2.20. The van der Waals surface area contributed by atoms with E-state index in [1.807, 2.05) is 25.1 Å². The summed E-state index contributed by atoms with van der Waals surface area (Å²) in [5.74, 6) is 1.87. The number of rotatable bonds is 5. The number of aldehydes is 1. The molecular formula is C15H13ClO3. The molecule has 0 bridgehead atoms. The van der Waals surface area contributed by atoms with Crippen LogP contribution < -0.4 is 9.47 Å². The third kappa shape index (κ3) is 3.48. The number of hydrogen-bond donors (Lipinski definition) is 0. The Kier molecular flexibility index (Phi) is 4.42. The van der Waals surface area contributed by atoms with Crippen LogP contribution in [-0.4, -0.2) is 12.9 Å². The first kappa shape index (κ1) is 13.4. The van der Waals surface area contributed by atoms with Crippen molar-refractivity contribution in [3.8, 4) is 17.2 Å². The molecule has 19 heavy (non-hydrogen) atoms. The first-order valence-electron chi connectivity index (χ1n) is 5.88. The van der Waals surface area contributed by atoms with Crippen molar-refractivity contribution in [1.29, 1.82) is 0 Å². The maximum absolute atomic E-state index is 10.6. The van der Waals surface area contributed by atoms with E-state index in [1.165, 1.54) is 0 Å². The molecule has 0 amide bonds. The number of carbonyl (C=O) groups is 1. The Bertz CT molecular complexity index is 581. The standard InChI is InChI=1S/C15H13ClO3/c1-2-18-12-4-3-5-13(9-12)19-15-7-6-11(10-17)8-14(15)16/h3-10H,2H2,1H3. The Hall–Kier alpha value is -2.00. The molecule has 2 aromatic carbocycles. The highest BCUT2D eigenvalue weighted by Crippen LogP contribution is 2.31. The summed E-state index contributed by atoms with van der Waals surface area (Å²) in [4.78, 5) is 10.6. The summed E-state index contributed by atoms with van der Waals surface area (Å²) in [7, 11) is 0. The van der Waals surface area contributed by atoms with Crippen molar-refractivity contribution in [2.45, 2.75) is 6.92 Å². The molecule has 0 aliphatic heterocycles. The van der Waals surface area contributed by atoms with Crippen LogP contribution in [0.4, 0.5) is 0 Å². The molecule has 0 fully saturated rings. The zero-order valence-electron chi connectivity index (χ0n) is 10.4. The van der Waals surface area contributed by atoms with Gasteiger partial charge in [0.1, 0.15) is 23.5 Å². The quantitative estimate of drug-likeness (QED) is 0.762. The van der Waals surface area contributed by atoms with Crippen molar-refractivity contribution < 1.29 is 14.3 Å². The lowest BCUT2D eigenvalue weighted by molar-refractivity contribution is 0.112. The molecule has 0 atom stereocenters. The van der Waals surface area contributed by atoms with E-state index in [9.17, 15) is 4.79 Å². The van der Waals surface area contributed by atoms with Crippen LogP contribution >= 0.6 is 11.6 Å². The lowest BCUT2D eigenvalue weighted by Crippen LogP contribution is -1.92. The van der Waals surface area contributed by atoms with Gasteiger partial charge in [0.15, 0.2) is 0 Å². The molecule has 0 aliphatic carbocycles. The minimum atomic E-state index is 0.395. The highest BCUT2D eigenvalue weighted by Gasteiger charge is 2.05. The lowest BCUT2D eigenvalue weighted by atomic mass is 10.2. The fourth-order valence-electron chi connectivity index (χ4n) is 1.59. The predicted molar refractivity (Wildman–Crippen MR) is 74.5 cm³/mol. The van der Waals surface area contributed by atoms with E-state index >= 15 is 0 Å². The normalized spacial score (nSPS) is 10.0. The van der Waals surface area contributed by atoms with Crippen molar-refractivity contribution in [3.05, 3.63) is 53.1 Å². The monoisotopic (exact) mass is 276 g/mol. The molecular weight excluding hydrogens is 264 g/mol. The van der Waals surface area contributed by atoms with Gasteiger partial charge in [0, 0.05) is 11.6 Å². The van der Waals surface area contributed by atoms with Gasteiger partial charge in [-0.05, 0) is 37.3 Å². The molecule has 2 rings (SSSR count). The first-order valence-corrected chi connectivity index (χ1v) is 6.26. The Morgan fingerprint density at radius 2 is 1.95 bits per heavy atom. The van der Waals surface area contributed by atoms with Gasteiger partial charge in [0.2, 0.25) is 0 Å². The summed E-state index contributed by atoms with van der Waals surface area (Å²) in [5.41, 5.74) is 0.514. The number of benzene rings is 2. The van der Waals surface area contributed by atoms with Crippen LogP contribution in [0.1, 0.15) is 17.3 Å². The van der Waals surface area contributed by atoms with Gasteiger partial charge in [-0.1, -0.05) is 17.7 Å².